The summed E-state index contributed by atoms with van der Waals surface area (Å²) in [7, 11) is 0.348. The fraction of sp³-hybridized carbons (Fsp3) is 0.438. The molecule has 0 aliphatic heterocycles. The summed E-state index contributed by atoms with van der Waals surface area (Å²) < 4.78 is 22.0. The molecule has 0 spiro atoms. The molecule has 0 aliphatic rings. The molecule has 0 fully saturated rings. The summed E-state index contributed by atoms with van der Waals surface area (Å²) in [5.41, 5.74) is 0.408. The minimum Gasteiger partial charge on any atom is -0.462 e. The normalized spacial score (nSPS) is 11.2. The first kappa shape index (κ1) is 18.6. The summed E-state index contributed by atoms with van der Waals surface area (Å²) in [5.74, 6) is -0.359. The van der Waals surface area contributed by atoms with Crippen LogP contribution in [0.4, 0.5) is 0 Å². The molecule has 5 nitrogen and oxygen atoms in total. The molecule has 0 aliphatic carbocycles. The van der Waals surface area contributed by atoms with E-state index in [9.17, 15) is 4.79 Å². The van der Waals surface area contributed by atoms with Crippen molar-refractivity contribution in [2.45, 2.75) is 19.8 Å². The van der Waals surface area contributed by atoms with Crippen molar-refractivity contribution in [3.8, 4) is 0 Å². The lowest BCUT2D eigenvalue weighted by atomic mass is 10.3. The maximum Gasteiger partial charge on any atom is 0.536 e. The van der Waals surface area contributed by atoms with E-state index in [2.05, 4.69) is 6.58 Å². The highest BCUT2D eigenvalue weighted by Crippen LogP contribution is 2.09. The van der Waals surface area contributed by atoms with E-state index in [0.29, 0.717) is 25.2 Å². The molecular formula is C16H24O5Si. The standard InChI is InChI=1S/C16H24O5Si/c1-14(2)16(17)20-12-8-9-13-21-22(18-3,19-4)15-10-6-5-7-11-15/h5-7,10-11H,1,8-9,12-13H2,2-4H3. The molecule has 0 N–H and O–H groups in total. The van der Waals surface area contributed by atoms with Gasteiger partial charge in [0, 0.05) is 31.6 Å². The lowest BCUT2D eigenvalue weighted by Crippen LogP contribution is -2.55. The Morgan fingerprint density at radius 2 is 1.68 bits per heavy atom. The second-order valence-corrected chi connectivity index (χ2v) is 7.60. The number of benzene rings is 1. The SMILES string of the molecule is C=C(C)C(=O)OCCCCO[Si](OC)(OC)c1ccccc1. The fourth-order valence-electron chi connectivity index (χ4n) is 1.86. The van der Waals surface area contributed by atoms with Crippen molar-refractivity contribution in [3.05, 3.63) is 42.5 Å². The third-order valence-electron chi connectivity index (χ3n) is 3.08. The quantitative estimate of drug-likeness (QED) is 0.285. The number of carbonyl (C=O) groups is 1. The van der Waals surface area contributed by atoms with E-state index < -0.39 is 8.80 Å². The summed E-state index contributed by atoms with van der Waals surface area (Å²) in [5, 5.41) is 0.925. The van der Waals surface area contributed by atoms with Gasteiger partial charge in [-0.1, -0.05) is 36.9 Å². The van der Waals surface area contributed by atoms with Crippen LogP contribution in [0.15, 0.2) is 42.5 Å². The highest BCUT2D eigenvalue weighted by molar-refractivity contribution is 6.75. The van der Waals surface area contributed by atoms with E-state index in [1.807, 2.05) is 30.3 Å². The predicted octanol–water partition coefficient (Wildman–Crippen LogP) is 2.04. The Morgan fingerprint density at radius 1 is 1.09 bits per heavy atom. The van der Waals surface area contributed by atoms with Crippen molar-refractivity contribution in [1.82, 2.24) is 0 Å². The lowest BCUT2D eigenvalue weighted by molar-refractivity contribution is -0.139. The van der Waals surface area contributed by atoms with Crippen molar-refractivity contribution >= 4 is 20.0 Å². The van der Waals surface area contributed by atoms with Gasteiger partial charge in [0.15, 0.2) is 0 Å². The van der Waals surface area contributed by atoms with Crippen LogP contribution < -0.4 is 5.19 Å². The fourth-order valence-corrected chi connectivity index (χ4v) is 3.92. The van der Waals surface area contributed by atoms with Gasteiger partial charge in [-0.05, 0) is 19.8 Å². The smallest absolute Gasteiger partial charge is 0.462 e. The van der Waals surface area contributed by atoms with Gasteiger partial charge >= 0.3 is 14.8 Å². The highest BCUT2D eigenvalue weighted by Gasteiger charge is 2.41. The first-order valence-electron chi connectivity index (χ1n) is 7.18. The van der Waals surface area contributed by atoms with Crippen LogP contribution in [0.5, 0.6) is 0 Å². The van der Waals surface area contributed by atoms with Crippen LogP contribution in [-0.4, -0.2) is 42.2 Å². The van der Waals surface area contributed by atoms with Crippen molar-refractivity contribution in [1.29, 1.82) is 0 Å². The average Bonchev–Trinajstić information content (AvgIpc) is 2.55. The van der Waals surface area contributed by atoms with E-state index in [1.165, 1.54) is 0 Å². The highest BCUT2D eigenvalue weighted by atomic mass is 28.4. The van der Waals surface area contributed by atoms with E-state index in [0.717, 1.165) is 11.6 Å². The van der Waals surface area contributed by atoms with Gasteiger partial charge < -0.3 is 18.0 Å². The van der Waals surface area contributed by atoms with Crippen molar-refractivity contribution in [2.75, 3.05) is 27.4 Å². The largest absolute Gasteiger partial charge is 0.536 e. The van der Waals surface area contributed by atoms with Gasteiger partial charge in [-0.2, -0.15) is 0 Å². The van der Waals surface area contributed by atoms with Crippen LogP contribution in [0.1, 0.15) is 19.8 Å². The molecule has 1 aromatic rings. The molecule has 0 unspecified atom stereocenters. The van der Waals surface area contributed by atoms with Crippen molar-refractivity contribution in [3.63, 3.8) is 0 Å². The minimum absolute atomic E-state index is 0.356. The molecule has 0 bridgehead atoms. The van der Waals surface area contributed by atoms with Gasteiger partial charge in [-0.25, -0.2) is 4.79 Å². The van der Waals surface area contributed by atoms with E-state index in [1.54, 1.807) is 21.1 Å². The molecule has 0 amide bonds. The van der Waals surface area contributed by atoms with Gasteiger partial charge in [-0.3, -0.25) is 0 Å². The maximum atomic E-state index is 11.2. The number of hydrogen-bond acceptors (Lipinski definition) is 5. The van der Waals surface area contributed by atoms with E-state index >= 15 is 0 Å². The molecule has 0 radical (unpaired) electrons. The second-order valence-electron chi connectivity index (χ2n) is 4.80. The van der Waals surface area contributed by atoms with Gasteiger partial charge in [0.2, 0.25) is 0 Å². The topological polar surface area (TPSA) is 54.0 Å². The van der Waals surface area contributed by atoms with Crippen molar-refractivity contribution in [2.24, 2.45) is 0 Å². The minimum atomic E-state index is -2.84. The Kier molecular flexibility index (Phi) is 8.04. The third kappa shape index (κ3) is 5.38. The van der Waals surface area contributed by atoms with Gasteiger partial charge in [0.05, 0.1) is 6.61 Å². The zero-order chi connectivity index (χ0) is 16.4. The van der Waals surface area contributed by atoms with Crippen LogP contribution in [0.25, 0.3) is 0 Å². The number of unbranched alkanes of at least 4 members (excludes halogenated alkanes) is 1. The van der Waals surface area contributed by atoms with E-state index in [-0.39, 0.29) is 5.97 Å². The maximum absolute atomic E-state index is 11.2. The lowest BCUT2D eigenvalue weighted by Gasteiger charge is -2.26. The number of esters is 1. The van der Waals surface area contributed by atoms with Crippen LogP contribution in [-0.2, 0) is 22.8 Å². The molecule has 1 rings (SSSR count). The number of hydrogen-bond donors (Lipinski definition) is 0. The second kappa shape index (κ2) is 9.53. The molecular weight excluding hydrogens is 300 g/mol. The number of rotatable bonds is 10. The first-order chi connectivity index (χ1) is 10.6. The summed E-state index contributed by atoms with van der Waals surface area (Å²) >= 11 is 0. The van der Waals surface area contributed by atoms with Crippen molar-refractivity contribution < 1.29 is 22.8 Å². The number of carbonyl (C=O) groups excluding carboxylic acids is 1. The molecule has 0 atom stereocenters. The average molecular weight is 324 g/mol. The predicted molar refractivity (Wildman–Crippen MR) is 86.8 cm³/mol. The van der Waals surface area contributed by atoms with E-state index in [4.69, 9.17) is 18.0 Å². The molecule has 122 valence electrons. The zero-order valence-corrected chi connectivity index (χ0v) is 14.5. The first-order valence-corrected chi connectivity index (χ1v) is 8.90. The van der Waals surface area contributed by atoms with Crippen LogP contribution in [0.2, 0.25) is 0 Å². The summed E-state index contributed by atoms with van der Waals surface area (Å²) in [4.78, 5) is 11.2. The Bertz CT molecular complexity index is 471. The molecule has 0 heterocycles. The molecule has 0 saturated carbocycles. The summed E-state index contributed by atoms with van der Waals surface area (Å²) in [6, 6.07) is 9.66. The van der Waals surface area contributed by atoms with Crippen LogP contribution in [0.3, 0.4) is 0 Å². The van der Waals surface area contributed by atoms with Crippen LogP contribution >= 0.6 is 0 Å². The van der Waals surface area contributed by atoms with Gasteiger partial charge in [-0.15, -0.1) is 0 Å². The van der Waals surface area contributed by atoms with Gasteiger partial charge in [0.1, 0.15) is 0 Å². The summed E-state index contributed by atoms with van der Waals surface area (Å²) in [6.45, 7) is 5.99. The third-order valence-corrected chi connectivity index (χ3v) is 5.78. The number of ether oxygens (including phenoxy) is 1. The Morgan fingerprint density at radius 3 is 2.23 bits per heavy atom. The Balaban J connectivity index is 2.40. The molecule has 1 aromatic carbocycles. The Labute approximate surface area is 133 Å². The zero-order valence-electron chi connectivity index (χ0n) is 13.5. The van der Waals surface area contributed by atoms with Crippen LogP contribution in [0, 0.1) is 0 Å². The molecule has 0 aromatic heterocycles. The Hall–Kier alpha value is -1.47. The molecule has 0 saturated heterocycles. The monoisotopic (exact) mass is 324 g/mol. The van der Waals surface area contributed by atoms with Gasteiger partial charge in [0.25, 0.3) is 0 Å². The molecule has 22 heavy (non-hydrogen) atoms. The summed E-state index contributed by atoms with van der Waals surface area (Å²) in [6.07, 6.45) is 1.46. The molecule has 6 heteroatoms.